The first-order chi connectivity index (χ1) is 15.0. The SMILES string of the molecule is CCOC(=O)c1cc(-c2ccccc2)nc2c1c(=O)n(C)c(=O)n2Cc1ccccc1. The van der Waals surface area contributed by atoms with Crippen LogP contribution in [0.1, 0.15) is 22.8 Å². The Bertz CT molecular complexity index is 1370. The van der Waals surface area contributed by atoms with Gasteiger partial charge in [-0.15, -0.1) is 0 Å². The average Bonchev–Trinajstić information content (AvgIpc) is 2.81. The van der Waals surface area contributed by atoms with Gasteiger partial charge in [-0.1, -0.05) is 60.7 Å². The molecule has 0 aliphatic carbocycles. The van der Waals surface area contributed by atoms with Crippen LogP contribution in [0.3, 0.4) is 0 Å². The number of hydrogen-bond donors (Lipinski definition) is 0. The van der Waals surface area contributed by atoms with Crippen LogP contribution in [0.5, 0.6) is 0 Å². The number of aromatic nitrogens is 3. The maximum atomic E-state index is 13.0. The fraction of sp³-hybridized carbons (Fsp3) is 0.167. The van der Waals surface area contributed by atoms with Crippen molar-refractivity contribution in [3.8, 4) is 11.3 Å². The molecular formula is C24H21N3O4. The van der Waals surface area contributed by atoms with Gasteiger partial charge in [-0.05, 0) is 18.6 Å². The Labute approximate surface area is 178 Å². The van der Waals surface area contributed by atoms with Gasteiger partial charge in [0.15, 0.2) is 5.65 Å². The predicted octanol–water partition coefficient (Wildman–Crippen LogP) is 2.99. The van der Waals surface area contributed by atoms with Gasteiger partial charge < -0.3 is 4.74 Å². The lowest BCUT2D eigenvalue weighted by Crippen LogP contribution is -2.39. The molecule has 0 saturated heterocycles. The Hall–Kier alpha value is -4.00. The molecule has 2 aromatic carbocycles. The minimum absolute atomic E-state index is 0.0659. The standard InChI is InChI=1S/C24H21N3O4/c1-3-31-23(29)18-14-19(17-12-8-5-9-13-17)25-21-20(18)22(28)26(2)24(30)27(21)15-16-10-6-4-7-11-16/h4-14H,3,15H2,1-2H3. The second-order valence-corrected chi connectivity index (χ2v) is 7.06. The van der Waals surface area contributed by atoms with Crippen LogP contribution in [0, 0.1) is 0 Å². The van der Waals surface area contributed by atoms with E-state index in [4.69, 9.17) is 4.74 Å². The van der Waals surface area contributed by atoms with E-state index in [2.05, 4.69) is 4.98 Å². The second-order valence-electron chi connectivity index (χ2n) is 7.06. The van der Waals surface area contributed by atoms with E-state index >= 15 is 0 Å². The smallest absolute Gasteiger partial charge is 0.339 e. The van der Waals surface area contributed by atoms with Crippen LogP contribution in [0.25, 0.3) is 22.3 Å². The Kier molecular flexibility index (Phi) is 5.49. The normalized spacial score (nSPS) is 10.9. The van der Waals surface area contributed by atoms with E-state index in [1.54, 1.807) is 13.0 Å². The van der Waals surface area contributed by atoms with E-state index in [9.17, 15) is 14.4 Å². The van der Waals surface area contributed by atoms with E-state index in [0.29, 0.717) is 5.69 Å². The molecule has 0 atom stereocenters. The molecule has 0 N–H and O–H groups in total. The van der Waals surface area contributed by atoms with Crippen LogP contribution in [0.15, 0.2) is 76.3 Å². The highest BCUT2D eigenvalue weighted by Gasteiger charge is 2.22. The molecule has 4 rings (SSSR count). The van der Waals surface area contributed by atoms with E-state index in [-0.39, 0.29) is 29.7 Å². The molecule has 0 spiro atoms. The lowest BCUT2D eigenvalue weighted by Gasteiger charge is -2.15. The summed E-state index contributed by atoms with van der Waals surface area (Å²) < 4.78 is 7.62. The maximum absolute atomic E-state index is 13.0. The monoisotopic (exact) mass is 415 g/mol. The second kappa shape index (κ2) is 8.39. The largest absolute Gasteiger partial charge is 0.462 e. The molecule has 0 aliphatic rings. The number of carbonyl (C=O) groups excluding carboxylic acids is 1. The van der Waals surface area contributed by atoms with Gasteiger partial charge in [0, 0.05) is 12.6 Å². The summed E-state index contributed by atoms with van der Waals surface area (Å²) in [5.74, 6) is -0.630. The highest BCUT2D eigenvalue weighted by molar-refractivity contribution is 6.03. The van der Waals surface area contributed by atoms with Crippen LogP contribution in [-0.4, -0.2) is 26.7 Å². The number of hydrogen-bond acceptors (Lipinski definition) is 5. The van der Waals surface area contributed by atoms with E-state index < -0.39 is 17.2 Å². The van der Waals surface area contributed by atoms with Crippen molar-refractivity contribution in [2.75, 3.05) is 6.61 Å². The number of pyridine rings is 1. The van der Waals surface area contributed by atoms with E-state index in [1.807, 2.05) is 60.7 Å². The fourth-order valence-electron chi connectivity index (χ4n) is 3.50. The van der Waals surface area contributed by atoms with Gasteiger partial charge in [-0.3, -0.25) is 13.9 Å². The van der Waals surface area contributed by atoms with Gasteiger partial charge in [0.1, 0.15) is 0 Å². The van der Waals surface area contributed by atoms with Gasteiger partial charge >= 0.3 is 11.7 Å². The van der Waals surface area contributed by atoms with E-state index in [0.717, 1.165) is 15.7 Å². The Balaban J connectivity index is 2.09. The Morgan fingerprint density at radius 3 is 2.29 bits per heavy atom. The molecule has 7 nitrogen and oxygen atoms in total. The topological polar surface area (TPSA) is 83.2 Å². The minimum atomic E-state index is -0.630. The third-order valence-corrected chi connectivity index (χ3v) is 5.04. The molecule has 0 amide bonds. The van der Waals surface area contributed by atoms with Crippen molar-refractivity contribution in [2.45, 2.75) is 13.5 Å². The van der Waals surface area contributed by atoms with Crippen LogP contribution in [-0.2, 0) is 18.3 Å². The average molecular weight is 415 g/mol. The summed E-state index contributed by atoms with van der Waals surface area (Å²) in [5.41, 5.74) is 1.26. The first-order valence-electron chi connectivity index (χ1n) is 9.92. The lowest BCUT2D eigenvalue weighted by molar-refractivity contribution is 0.0528. The molecule has 2 heterocycles. The molecule has 0 aliphatic heterocycles. The molecule has 4 aromatic rings. The number of nitrogens with zero attached hydrogens (tertiary/aromatic N) is 3. The third kappa shape index (κ3) is 3.77. The maximum Gasteiger partial charge on any atom is 0.339 e. The first-order valence-corrected chi connectivity index (χ1v) is 9.92. The quantitative estimate of drug-likeness (QED) is 0.468. The van der Waals surface area contributed by atoms with Crippen molar-refractivity contribution < 1.29 is 9.53 Å². The summed E-state index contributed by atoms with van der Waals surface area (Å²) in [6.45, 7) is 2.06. The zero-order valence-electron chi connectivity index (χ0n) is 17.2. The highest BCUT2D eigenvalue weighted by atomic mass is 16.5. The van der Waals surface area contributed by atoms with Crippen molar-refractivity contribution >= 4 is 17.0 Å². The number of esters is 1. The minimum Gasteiger partial charge on any atom is -0.462 e. The zero-order valence-corrected chi connectivity index (χ0v) is 17.2. The number of ether oxygens (including phenoxy) is 1. The van der Waals surface area contributed by atoms with Crippen molar-refractivity contribution in [3.63, 3.8) is 0 Å². The van der Waals surface area contributed by atoms with Gasteiger partial charge in [0.05, 0.1) is 29.8 Å². The van der Waals surface area contributed by atoms with Crippen molar-refractivity contribution in [1.82, 2.24) is 14.1 Å². The Morgan fingerprint density at radius 2 is 1.65 bits per heavy atom. The summed E-state index contributed by atoms with van der Waals surface area (Å²) in [7, 11) is 1.39. The number of fused-ring (bicyclic) bond motifs is 1. The van der Waals surface area contributed by atoms with Gasteiger partial charge in [-0.2, -0.15) is 0 Å². The Morgan fingerprint density at radius 1 is 1.00 bits per heavy atom. The summed E-state index contributed by atoms with van der Waals surface area (Å²) in [4.78, 5) is 43.5. The molecule has 7 heteroatoms. The van der Waals surface area contributed by atoms with Gasteiger partial charge in [0.2, 0.25) is 0 Å². The number of carbonyl (C=O) groups is 1. The van der Waals surface area contributed by atoms with Crippen molar-refractivity contribution in [3.05, 3.63) is 98.7 Å². The summed E-state index contributed by atoms with van der Waals surface area (Å²) in [5, 5.41) is 0.0659. The third-order valence-electron chi connectivity index (χ3n) is 5.04. The summed E-state index contributed by atoms with van der Waals surface area (Å²) >= 11 is 0. The van der Waals surface area contributed by atoms with E-state index in [1.165, 1.54) is 11.6 Å². The zero-order chi connectivity index (χ0) is 22.0. The van der Waals surface area contributed by atoms with Crippen molar-refractivity contribution in [1.29, 1.82) is 0 Å². The van der Waals surface area contributed by atoms with Crippen LogP contribution in [0.2, 0.25) is 0 Å². The molecule has 0 unspecified atom stereocenters. The molecular weight excluding hydrogens is 394 g/mol. The molecule has 0 saturated carbocycles. The van der Waals surface area contributed by atoms with Crippen LogP contribution < -0.4 is 11.2 Å². The summed E-state index contributed by atoms with van der Waals surface area (Å²) in [6.07, 6.45) is 0. The molecule has 31 heavy (non-hydrogen) atoms. The fourth-order valence-corrected chi connectivity index (χ4v) is 3.50. The van der Waals surface area contributed by atoms with Gasteiger partial charge in [-0.25, -0.2) is 14.6 Å². The first kappa shape index (κ1) is 20.3. The highest BCUT2D eigenvalue weighted by Crippen LogP contribution is 2.23. The molecule has 156 valence electrons. The van der Waals surface area contributed by atoms with Gasteiger partial charge in [0.25, 0.3) is 5.56 Å². The molecule has 0 fully saturated rings. The predicted molar refractivity (Wildman–Crippen MR) is 118 cm³/mol. The molecule has 2 aromatic heterocycles. The molecule has 0 bridgehead atoms. The van der Waals surface area contributed by atoms with Crippen molar-refractivity contribution in [2.24, 2.45) is 7.05 Å². The lowest BCUT2D eigenvalue weighted by atomic mass is 10.1. The summed E-state index contributed by atoms with van der Waals surface area (Å²) in [6, 6.07) is 20.2. The molecule has 0 radical (unpaired) electrons. The van der Waals surface area contributed by atoms with Crippen LogP contribution in [0.4, 0.5) is 0 Å². The number of rotatable bonds is 5. The van der Waals surface area contributed by atoms with Crippen LogP contribution >= 0.6 is 0 Å². The number of benzene rings is 2.